The molecule has 20 heavy (non-hydrogen) atoms. The zero-order valence-electron chi connectivity index (χ0n) is 10.7. The Morgan fingerprint density at radius 2 is 2.30 bits per heavy atom. The second-order valence-corrected chi connectivity index (χ2v) is 4.31. The number of nitrogens with one attached hydrogen (secondary N) is 1. The van der Waals surface area contributed by atoms with E-state index in [0.29, 0.717) is 19.8 Å². The summed E-state index contributed by atoms with van der Waals surface area (Å²) in [5.41, 5.74) is 5.50. The first-order chi connectivity index (χ1) is 9.58. The van der Waals surface area contributed by atoms with Crippen LogP contribution in [0.15, 0.2) is 18.2 Å². The van der Waals surface area contributed by atoms with Crippen molar-refractivity contribution < 1.29 is 19.2 Å². The van der Waals surface area contributed by atoms with Gasteiger partial charge in [0, 0.05) is 18.3 Å². The van der Waals surface area contributed by atoms with E-state index in [1.807, 2.05) is 0 Å². The van der Waals surface area contributed by atoms with Gasteiger partial charge in [-0.1, -0.05) is 0 Å². The van der Waals surface area contributed by atoms with Gasteiger partial charge in [0.25, 0.3) is 11.6 Å². The minimum Gasteiger partial charge on any atom is -0.399 e. The molecule has 1 aliphatic rings. The van der Waals surface area contributed by atoms with E-state index in [4.69, 9.17) is 15.2 Å². The lowest BCUT2D eigenvalue weighted by molar-refractivity contribution is -0.385. The van der Waals surface area contributed by atoms with Gasteiger partial charge in [-0.3, -0.25) is 14.9 Å². The average Bonchev–Trinajstić information content (AvgIpc) is 2.45. The van der Waals surface area contributed by atoms with Crippen LogP contribution in [0, 0.1) is 10.1 Å². The number of nitrogens with zero attached hydrogens (tertiary/aromatic N) is 1. The Hall–Kier alpha value is -2.19. The van der Waals surface area contributed by atoms with Gasteiger partial charge in [0.05, 0.1) is 30.8 Å². The normalized spacial score (nSPS) is 18.5. The Bertz CT molecular complexity index is 514. The van der Waals surface area contributed by atoms with Crippen molar-refractivity contribution >= 4 is 17.3 Å². The summed E-state index contributed by atoms with van der Waals surface area (Å²) in [5, 5.41) is 13.5. The van der Waals surface area contributed by atoms with E-state index in [1.54, 1.807) is 0 Å². The van der Waals surface area contributed by atoms with Crippen molar-refractivity contribution in [2.24, 2.45) is 0 Å². The lowest BCUT2D eigenvalue weighted by Gasteiger charge is -2.23. The van der Waals surface area contributed by atoms with Gasteiger partial charge in [-0.05, 0) is 12.1 Å². The summed E-state index contributed by atoms with van der Waals surface area (Å²) in [7, 11) is 0. The fourth-order valence-electron chi connectivity index (χ4n) is 1.85. The first-order valence-corrected chi connectivity index (χ1v) is 6.09. The third-order valence-corrected chi connectivity index (χ3v) is 2.84. The lowest BCUT2D eigenvalue weighted by atomic mass is 10.1. The molecule has 0 radical (unpaired) electrons. The molecule has 108 valence electrons. The molecule has 0 aromatic heterocycles. The molecular weight excluding hydrogens is 266 g/mol. The molecule has 1 aliphatic heterocycles. The van der Waals surface area contributed by atoms with Crippen LogP contribution in [-0.2, 0) is 9.47 Å². The molecule has 2 rings (SSSR count). The Balaban J connectivity index is 2.04. The maximum absolute atomic E-state index is 12.0. The highest BCUT2D eigenvalue weighted by Crippen LogP contribution is 2.21. The minimum absolute atomic E-state index is 0.0632. The molecular formula is C12H15N3O5. The molecule has 8 heteroatoms. The highest BCUT2D eigenvalue weighted by molar-refractivity contribution is 5.99. The van der Waals surface area contributed by atoms with E-state index in [2.05, 4.69) is 5.32 Å². The second kappa shape index (κ2) is 6.31. The number of carbonyl (C=O) groups excluding carboxylic acids is 1. The number of anilines is 1. The molecule has 0 bridgehead atoms. The van der Waals surface area contributed by atoms with Gasteiger partial charge in [-0.25, -0.2) is 0 Å². The van der Waals surface area contributed by atoms with Crippen molar-refractivity contribution in [2.45, 2.75) is 6.10 Å². The number of hydrogen-bond acceptors (Lipinski definition) is 6. The van der Waals surface area contributed by atoms with E-state index >= 15 is 0 Å². The van der Waals surface area contributed by atoms with Crippen molar-refractivity contribution in [1.29, 1.82) is 0 Å². The zero-order valence-corrected chi connectivity index (χ0v) is 10.7. The minimum atomic E-state index is -0.616. The number of nitrogens with two attached hydrogens (primary N) is 1. The lowest BCUT2D eigenvalue weighted by Crippen LogP contribution is -2.39. The number of nitrogen functional groups attached to an aromatic ring is 1. The second-order valence-electron chi connectivity index (χ2n) is 4.31. The van der Waals surface area contributed by atoms with E-state index in [0.717, 1.165) is 0 Å². The smallest absolute Gasteiger partial charge is 0.282 e. The molecule has 1 unspecified atom stereocenters. The molecule has 1 saturated heterocycles. The number of nitro benzene ring substituents is 1. The summed E-state index contributed by atoms with van der Waals surface area (Å²) in [6.07, 6.45) is -0.243. The number of hydrogen-bond donors (Lipinski definition) is 2. The molecule has 1 atom stereocenters. The van der Waals surface area contributed by atoms with E-state index < -0.39 is 10.8 Å². The van der Waals surface area contributed by atoms with Crippen molar-refractivity contribution in [3.63, 3.8) is 0 Å². The Morgan fingerprint density at radius 3 is 2.95 bits per heavy atom. The van der Waals surface area contributed by atoms with Gasteiger partial charge in [-0.15, -0.1) is 0 Å². The van der Waals surface area contributed by atoms with Crippen molar-refractivity contribution in [2.75, 3.05) is 32.1 Å². The quantitative estimate of drug-likeness (QED) is 0.466. The summed E-state index contributed by atoms with van der Waals surface area (Å²) in [5.74, 6) is -0.557. The summed E-state index contributed by atoms with van der Waals surface area (Å²) in [6.45, 7) is 1.62. The van der Waals surface area contributed by atoms with Crippen LogP contribution in [0.3, 0.4) is 0 Å². The topological polar surface area (TPSA) is 117 Å². The SMILES string of the molecule is Nc1ccc([N+](=O)[O-])c(C(=O)NCC2COCCO2)c1. The molecule has 1 fully saturated rings. The molecule has 3 N–H and O–H groups in total. The monoisotopic (exact) mass is 281 g/mol. The predicted octanol–water partition coefficient (Wildman–Crippen LogP) is 0.322. The van der Waals surface area contributed by atoms with Crippen LogP contribution in [0.4, 0.5) is 11.4 Å². The van der Waals surface area contributed by atoms with Gasteiger partial charge in [0.1, 0.15) is 5.56 Å². The van der Waals surface area contributed by atoms with Gasteiger partial charge in [0.15, 0.2) is 0 Å². The van der Waals surface area contributed by atoms with Gasteiger partial charge < -0.3 is 20.5 Å². The number of amides is 1. The molecule has 0 aliphatic carbocycles. The average molecular weight is 281 g/mol. The zero-order chi connectivity index (χ0) is 14.5. The molecule has 1 aromatic carbocycles. The van der Waals surface area contributed by atoms with Crippen LogP contribution in [0.5, 0.6) is 0 Å². The fourth-order valence-corrected chi connectivity index (χ4v) is 1.85. The van der Waals surface area contributed by atoms with Gasteiger partial charge in [-0.2, -0.15) is 0 Å². The van der Waals surface area contributed by atoms with Crippen LogP contribution < -0.4 is 11.1 Å². The largest absolute Gasteiger partial charge is 0.399 e. The number of rotatable bonds is 4. The molecule has 1 amide bonds. The van der Waals surface area contributed by atoms with Crippen LogP contribution >= 0.6 is 0 Å². The molecule has 1 heterocycles. The molecule has 8 nitrogen and oxygen atoms in total. The van der Waals surface area contributed by atoms with Gasteiger partial charge in [0.2, 0.25) is 0 Å². The molecule has 0 spiro atoms. The highest BCUT2D eigenvalue weighted by Gasteiger charge is 2.22. The number of ether oxygens (including phenoxy) is 2. The van der Waals surface area contributed by atoms with Gasteiger partial charge >= 0.3 is 0 Å². The molecule has 0 saturated carbocycles. The highest BCUT2D eigenvalue weighted by atomic mass is 16.6. The van der Waals surface area contributed by atoms with E-state index in [-0.39, 0.29) is 29.6 Å². The third kappa shape index (κ3) is 3.43. The summed E-state index contributed by atoms with van der Waals surface area (Å²) < 4.78 is 10.6. The standard InChI is InChI=1S/C12H15N3O5/c13-8-1-2-11(15(17)18)10(5-8)12(16)14-6-9-7-19-3-4-20-9/h1-2,5,9H,3-4,6-7,13H2,(H,14,16). The number of benzene rings is 1. The Kier molecular flexibility index (Phi) is 4.49. The maximum Gasteiger partial charge on any atom is 0.282 e. The van der Waals surface area contributed by atoms with Crippen molar-refractivity contribution in [3.8, 4) is 0 Å². The first-order valence-electron chi connectivity index (χ1n) is 6.09. The maximum atomic E-state index is 12.0. The van der Waals surface area contributed by atoms with Crippen LogP contribution in [0.1, 0.15) is 10.4 Å². The number of carbonyl (C=O) groups is 1. The van der Waals surface area contributed by atoms with Crippen LogP contribution in [0.2, 0.25) is 0 Å². The van der Waals surface area contributed by atoms with Crippen molar-refractivity contribution in [3.05, 3.63) is 33.9 Å². The fraction of sp³-hybridized carbons (Fsp3) is 0.417. The van der Waals surface area contributed by atoms with E-state index in [1.165, 1.54) is 18.2 Å². The number of nitro groups is 1. The summed E-state index contributed by atoms with van der Waals surface area (Å²) in [6, 6.07) is 3.88. The Labute approximate surface area is 115 Å². The predicted molar refractivity (Wildman–Crippen MR) is 70.4 cm³/mol. The van der Waals surface area contributed by atoms with E-state index in [9.17, 15) is 14.9 Å². The Morgan fingerprint density at radius 1 is 1.50 bits per heavy atom. The first kappa shape index (κ1) is 14.2. The van der Waals surface area contributed by atoms with Crippen LogP contribution in [0.25, 0.3) is 0 Å². The third-order valence-electron chi connectivity index (χ3n) is 2.84. The molecule has 1 aromatic rings. The summed E-state index contributed by atoms with van der Waals surface area (Å²) >= 11 is 0. The summed E-state index contributed by atoms with van der Waals surface area (Å²) in [4.78, 5) is 22.3. The van der Waals surface area contributed by atoms with Crippen molar-refractivity contribution in [1.82, 2.24) is 5.32 Å². The van der Waals surface area contributed by atoms with Crippen LogP contribution in [-0.4, -0.2) is 43.3 Å².